The highest BCUT2D eigenvalue weighted by molar-refractivity contribution is 7.96. The summed E-state index contributed by atoms with van der Waals surface area (Å²) >= 11 is 5.94. The van der Waals surface area contributed by atoms with Gasteiger partial charge in [-0.05, 0) is 60.1 Å². The Morgan fingerprint density at radius 1 is 1.23 bits per heavy atom. The summed E-state index contributed by atoms with van der Waals surface area (Å²) in [5.41, 5.74) is -2.40. The molecular formula is C26H31ClF3N5O4S. The molecule has 0 spiro atoms. The summed E-state index contributed by atoms with van der Waals surface area (Å²) in [6.07, 6.45) is 0.514. The Bertz CT molecular complexity index is 1520. The highest BCUT2D eigenvalue weighted by Crippen LogP contribution is 2.48. The minimum atomic E-state index is -3.06. The highest BCUT2D eigenvalue weighted by Gasteiger charge is 2.58. The van der Waals surface area contributed by atoms with Crippen molar-refractivity contribution in [2.75, 3.05) is 6.54 Å². The molecule has 0 N–H and O–H groups in total. The maximum Gasteiger partial charge on any atom is 0.333 e. The van der Waals surface area contributed by atoms with Gasteiger partial charge < -0.3 is 4.74 Å². The first-order chi connectivity index (χ1) is 18.4. The molecule has 2 aromatic heterocycles. The van der Waals surface area contributed by atoms with Crippen LogP contribution in [0.15, 0.2) is 27.7 Å². The van der Waals surface area contributed by atoms with Gasteiger partial charge in [-0.3, -0.25) is 19.6 Å². The van der Waals surface area contributed by atoms with Gasteiger partial charge in [0.1, 0.15) is 28.3 Å². The molecule has 40 heavy (non-hydrogen) atoms. The Labute approximate surface area is 235 Å². The van der Waals surface area contributed by atoms with Gasteiger partial charge >= 0.3 is 12.5 Å². The van der Waals surface area contributed by atoms with E-state index in [2.05, 4.69) is 14.4 Å². The molecule has 0 unspecified atom stereocenters. The molecule has 0 aromatic carbocycles. The lowest BCUT2D eigenvalue weighted by molar-refractivity contribution is -0.153. The van der Waals surface area contributed by atoms with Gasteiger partial charge in [0, 0.05) is 18.0 Å². The van der Waals surface area contributed by atoms with E-state index in [-0.39, 0.29) is 45.5 Å². The second-order valence-corrected chi connectivity index (χ2v) is 14.9. The Morgan fingerprint density at radius 3 is 2.50 bits per heavy atom. The molecule has 0 fully saturated rings. The van der Waals surface area contributed by atoms with Crippen LogP contribution >= 0.6 is 11.6 Å². The van der Waals surface area contributed by atoms with Gasteiger partial charge in [-0.1, -0.05) is 11.6 Å². The molecule has 3 atom stereocenters. The number of hydrogen-bond acceptors (Lipinski definition) is 8. The van der Waals surface area contributed by atoms with E-state index in [1.165, 1.54) is 6.07 Å². The van der Waals surface area contributed by atoms with Crippen LogP contribution in [0.5, 0.6) is 0 Å². The van der Waals surface area contributed by atoms with E-state index < -0.39 is 61.4 Å². The molecule has 9 nitrogen and oxygen atoms in total. The van der Waals surface area contributed by atoms with Crippen LogP contribution in [-0.2, 0) is 31.2 Å². The SMILES string of the molecule is CC(C)(C)OC(=O)CC1=N[C@](C)(c2nc(CC(=O)c3nn(C(F)F)cc3Cl)ccc2F)[C@@H]2CCN=[S@]2(=O)C1(C)C. The number of pyridine rings is 1. The first-order valence-corrected chi connectivity index (χ1v) is 14.6. The summed E-state index contributed by atoms with van der Waals surface area (Å²) in [4.78, 5) is 34.9. The van der Waals surface area contributed by atoms with Crippen LogP contribution in [0.4, 0.5) is 13.2 Å². The van der Waals surface area contributed by atoms with E-state index in [1.54, 1.807) is 41.5 Å². The van der Waals surface area contributed by atoms with Gasteiger partial charge in [0.05, 0.1) is 43.8 Å². The van der Waals surface area contributed by atoms with Gasteiger partial charge in [0.25, 0.3) is 0 Å². The summed E-state index contributed by atoms with van der Waals surface area (Å²) in [6.45, 7) is 7.48. The average molecular weight is 602 g/mol. The fourth-order valence-electron chi connectivity index (χ4n) is 5.13. The number of carbonyl (C=O) groups is 2. The smallest absolute Gasteiger partial charge is 0.333 e. The molecule has 0 amide bonds. The molecule has 0 bridgehead atoms. The maximum atomic E-state index is 15.5. The van der Waals surface area contributed by atoms with Crippen molar-refractivity contribution in [2.24, 2.45) is 9.36 Å². The molecule has 2 aliphatic heterocycles. The molecule has 2 aromatic rings. The zero-order chi connectivity index (χ0) is 29.8. The zero-order valence-electron chi connectivity index (χ0n) is 23.0. The van der Waals surface area contributed by atoms with Crippen molar-refractivity contribution in [1.82, 2.24) is 14.8 Å². The van der Waals surface area contributed by atoms with E-state index in [4.69, 9.17) is 21.3 Å². The van der Waals surface area contributed by atoms with Crippen molar-refractivity contribution in [3.05, 3.63) is 46.3 Å². The first kappa shape index (κ1) is 30.2. The van der Waals surface area contributed by atoms with Crippen molar-refractivity contribution in [2.45, 2.75) is 88.5 Å². The Morgan fingerprint density at radius 2 is 1.90 bits per heavy atom. The number of Topliss-reactive ketones (excluding diaryl/α,β-unsaturated/α-hetero) is 1. The van der Waals surface area contributed by atoms with E-state index in [9.17, 15) is 22.6 Å². The summed E-state index contributed by atoms with van der Waals surface area (Å²) in [7, 11) is -3.06. The largest absolute Gasteiger partial charge is 0.460 e. The van der Waals surface area contributed by atoms with E-state index in [1.807, 2.05) is 0 Å². The van der Waals surface area contributed by atoms with Gasteiger partial charge in [0.2, 0.25) is 0 Å². The second-order valence-electron chi connectivity index (χ2n) is 11.5. The summed E-state index contributed by atoms with van der Waals surface area (Å²) < 4.78 is 65.0. The van der Waals surface area contributed by atoms with Crippen LogP contribution in [0.1, 0.15) is 82.8 Å². The van der Waals surface area contributed by atoms with Crippen LogP contribution in [-0.4, -0.2) is 58.6 Å². The van der Waals surface area contributed by atoms with Gasteiger partial charge in [0.15, 0.2) is 5.78 Å². The summed E-state index contributed by atoms with van der Waals surface area (Å²) in [6, 6.07) is 2.40. The molecule has 4 rings (SSSR count). The number of esters is 1. The number of aromatic nitrogens is 3. The van der Waals surface area contributed by atoms with Crippen molar-refractivity contribution >= 4 is 38.8 Å². The normalized spacial score (nSPS) is 25.8. The average Bonchev–Trinajstić information content (AvgIpc) is 3.42. The first-order valence-electron chi connectivity index (χ1n) is 12.6. The minimum absolute atomic E-state index is 0.112. The van der Waals surface area contributed by atoms with E-state index >= 15 is 4.39 Å². The zero-order valence-corrected chi connectivity index (χ0v) is 24.6. The van der Waals surface area contributed by atoms with Gasteiger partial charge in [-0.25, -0.2) is 17.6 Å². The Balaban J connectivity index is 1.77. The quantitative estimate of drug-likeness (QED) is 0.314. The van der Waals surface area contributed by atoms with E-state index in [0.717, 1.165) is 12.3 Å². The number of halogens is 4. The molecule has 0 aliphatic carbocycles. The summed E-state index contributed by atoms with van der Waals surface area (Å²) in [5.74, 6) is -2.01. The molecule has 4 heterocycles. The number of aliphatic imine (C=N–C) groups is 1. The fourth-order valence-corrected chi connectivity index (χ4v) is 8.64. The number of ketones is 1. The Kier molecular flexibility index (Phi) is 7.72. The molecule has 14 heteroatoms. The maximum absolute atomic E-state index is 15.5. The third-order valence-corrected chi connectivity index (χ3v) is 11.1. The molecule has 2 aliphatic rings. The lowest BCUT2D eigenvalue weighted by Gasteiger charge is -2.45. The topological polar surface area (TPSA) is 116 Å². The van der Waals surface area contributed by atoms with Crippen molar-refractivity contribution in [3.63, 3.8) is 0 Å². The number of hydrogen-bond donors (Lipinski definition) is 0. The number of nitrogens with zero attached hydrogens (tertiary/aromatic N) is 5. The molecule has 0 radical (unpaired) electrons. The van der Waals surface area contributed by atoms with Crippen LogP contribution in [0, 0.1) is 5.82 Å². The molecule has 218 valence electrons. The monoisotopic (exact) mass is 601 g/mol. The third kappa shape index (κ3) is 5.29. The van der Waals surface area contributed by atoms with Gasteiger partial charge in [-0.2, -0.15) is 13.9 Å². The molecule has 0 saturated heterocycles. The molecule has 0 saturated carbocycles. The predicted molar refractivity (Wildman–Crippen MR) is 144 cm³/mol. The third-order valence-electron chi connectivity index (χ3n) is 7.09. The summed E-state index contributed by atoms with van der Waals surface area (Å²) in [5, 5.41) is 2.57. The van der Waals surface area contributed by atoms with Crippen LogP contribution < -0.4 is 0 Å². The number of rotatable bonds is 7. The van der Waals surface area contributed by atoms with Crippen LogP contribution in [0.3, 0.4) is 0 Å². The van der Waals surface area contributed by atoms with Crippen molar-refractivity contribution < 1.29 is 31.7 Å². The van der Waals surface area contributed by atoms with E-state index in [0.29, 0.717) is 6.42 Å². The van der Waals surface area contributed by atoms with Crippen molar-refractivity contribution in [3.8, 4) is 0 Å². The van der Waals surface area contributed by atoms with Gasteiger partial charge in [-0.15, -0.1) is 0 Å². The molecular weight excluding hydrogens is 571 g/mol. The van der Waals surface area contributed by atoms with Crippen LogP contribution in [0.25, 0.3) is 0 Å². The predicted octanol–water partition coefficient (Wildman–Crippen LogP) is 5.31. The number of ether oxygens (including phenoxy) is 1. The second kappa shape index (κ2) is 10.2. The number of carbonyl (C=O) groups excluding carboxylic acids is 2. The van der Waals surface area contributed by atoms with Crippen LogP contribution in [0.2, 0.25) is 5.02 Å². The standard InChI is InChI=1S/C26H31ClF3N5O4S/c1-24(2,3)39-20(37)12-18-25(4,5)40(38)19(9-10-31-40)26(6,33-18)22-16(28)8-7-14(32-22)11-17(36)21-15(27)13-35(34-21)23(29)30/h7-8,13,19,23H,9-12H2,1-6H3/t19-,26-,40+/m0/s1. The highest BCUT2D eigenvalue weighted by atomic mass is 35.5. The Hall–Kier alpha value is -2.80. The fraction of sp³-hybridized carbons (Fsp3) is 0.577. The number of alkyl halides is 2. The minimum Gasteiger partial charge on any atom is -0.460 e. The van der Waals surface area contributed by atoms with Crippen molar-refractivity contribution in [1.29, 1.82) is 0 Å². The lowest BCUT2D eigenvalue weighted by Crippen LogP contribution is -2.56. The number of fused-ring (bicyclic) bond motifs is 1. The lowest BCUT2D eigenvalue weighted by atomic mass is 9.88.